The molecule has 1 aliphatic rings. The van der Waals surface area contributed by atoms with E-state index in [4.69, 9.17) is 0 Å². The number of hydrogen-bond donors (Lipinski definition) is 0. The molecular formula is C9H8N2O2. The van der Waals surface area contributed by atoms with Gasteiger partial charge in [-0.05, 0) is 18.2 Å². The van der Waals surface area contributed by atoms with Gasteiger partial charge in [-0.2, -0.15) is 0 Å². The molecule has 1 aromatic rings. The maximum atomic E-state index is 11.1. The van der Waals surface area contributed by atoms with Crippen molar-refractivity contribution in [1.82, 2.24) is 0 Å². The molecular weight excluding hydrogens is 168 g/mol. The molecule has 1 heterocycles. The molecule has 0 fully saturated rings. The molecule has 0 spiro atoms. The Hall–Kier alpha value is -1.71. The van der Waals surface area contributed by atoms with E-state index in [1.165, 1.54) is 7.11 Å². The molecule has 2 rings (SSSR count). The fraction of sp³-hybridized carbons (Fsp3) is 0.222. The first kappa shape index (κ1) is 7.91. The standard InChI is InChI=1S/C9H8N2O2/c1-13-9(12)6-2-3-7-8(4-6)11-5-10-7/h2-4H,5H2,1H3. The van der Waals surface area contributed by atoms with Crippen molar-refractivity contribution in [2.75, 3.05) is 13.8 Å². The predicted molar refractivity (Wildman–Crippen MR) is 45.0 cm³/mol. The van der Waals surface area contributed by atoms with Gasteiger partial charge in [0.15, 0.2) is 0 Å². The lowest BCUT2D eigenvalue weighted by atomic mass is 10.2. The molecule has 0 unspecified atom stereocenters. The Morgan fingerprint density at radius 2 is 2.15 bits per heavy atom. The second kappa shape index (κ2) is 2.97. The van der Waals surface area contributed by atoms with Crippen LogP contribution in [0.25, 0.3) is 0 Å². The Labute approximate surface area is 74.6 Å². The predicted octanol–water partition coefficient (Wildman–Crippen LogP) is -0.317. The van der Waals surface area contributed by atoms with E-state index < -0.39 is 0 Å². The van der Waals surface area contributed by atoms with Crippen LogP contribution in [0.1, 0.15) is 10.4 Å². The fourth-order valence-corrected chi connectivity index (χ4v) is 1.22. The van der Waals surface area contributed by atoms with E-state index in [-0.39, 0.29) is 5.97 Å². The number of hydrogen-bond acceptors (Lipinski definition) is 4. The molecule has 0 saturated heterocycles. The highest BCUT2D eigenvalue weighted by Crippen LogP contribution is 1.95. The normalized spacial score (nSPS) is 12.7. The van der Waals surface area contributed by atoms with Crippen molar-refractivity contribution in [3.8, 4) is 0 Å². The number of esters is 1. The van der Waals surface area contributed by atoms with E-state index in [2.05, 4.69) is 14.7 Å². The van der Waals surface area contributed by atoms with E-state index in [9.17, 15) is 4.79 Å². The van der Waals surface area contributed by atoms with E-state index in [1.54, 1.807) is 18.2 Å². The minimum absolute atomic E-state index is 0.343. The van der Waals surface area contributed by atoms with Gasteiger partial charge in [-0.1, -0.05) is 0 Å². The first-order valence-corrected chi connectivity index (χ1v) is 3.88. The van der Waals surface area contributed by atoms with Crippen LogP contribution in [0, 0.1) is 0 Å². The van der Waals surface area contributed by atoms with Crippen LogP contribution >= 0.6 is 0 Å². The third-order valence-corrected chi connectivity index (χ3v) is 1.88. The highest BCUT2D eigenvalue weighted by molar-refractivity contribution is 5.89. The molecule has 0 aromatic heterocycles. The molecule has 0 amide bonds. The van der Waals surface area contributed by atoms with Gasteiger partial charge in [0.1, 0.15) is 6.67 Å². The van der Waals surface area contributed by atoms with Gasteiger partial charge in [-0.15, -0.1) is 0 Å². The molecule has 4 nitrogen and oxygen atoms in total. The molecule has 0 bridgehead atoms. The highest BCUT2D eigenvalue weighted by Gasteiger charge is 2.06. The second-order valence-electron chi connectivity index (χ2n) is 2.65. The summed E-state index contributed by atoms with van der Waals surface area (Å²) in [6, 6.07) is 5.16. The smallest absolute Gasteiger partial charge is 0.337 e. The zero-order valence-electron chi connectivity index (χ0n) is 7.15. The highest BCUT2D eigenvalue weighted by atomic mass is 16.5. The molecule has 4 heteroatoms. The Morgan fingerprint density at radius 1 is 1.38 bits per heavy atom. The number of rotatable bonds is 1. The molecule has 66 valence electrons. The number of ether oxygens (including phenoxy) is 1. The van der Waals surface area contributed by atoms with Crippen LogP contribution in [0.4, 0.5) is 0 Å². The second-order valence-corrected chi connectivity index (χ2v) is 2.65. The first-order chi connectivity index (χ1) is 6.31. The number of benzene rings is 1. The van der Waals surface area contributed by atoms with Gasteiger partial charge in [0.25, 0.3) is 0 Å². The van der Waals surface area contributed by atoms with E-state index in [0.29, 0.717) is 12.2 Å². The van der Waals surface area contributed by atoms with Gasteiger partial charge < -0.3 is 4.74 Å². The maximum Gasteiger partial charge on any atom is 0.337 e. The number of carbonyl (C=O) groups is 1. The average Bonchev–Trinajstić information content (AvgIpc) is 2.63. The summed E-state index contributed by atoms with van der Waals surface area (Å²) in [4.78, 5) is 19.3. The lowest BCUT2D eigenvalue weighted by molar-refractivity contribution is 0.0600. The minimum Gasteiger partial charge on any atom is -0.465 e. The van der Waals surface area contributed by atoms with Gasteiger partial charge >= 0.3 is 5.97 Å². The summed E-state index contributed by atoms with van der Waals surface area (Å²) < 4.78 is 4.58. The topological polar surface area (TPSA) is 51.0 Å². The Balaban J connectivity index is 2.55. The van der Waals surface area contributed by atoms with Crippen molar-refractivity contribution >= 4 is 5.97 Å². The summed E-state index contributed by atoms with van der Waals surface area (Å²) in [6.07, 6.45) is 0. The molecule has 13 heavy (non-hydrogen) atoms. The zero-order chi connectivity index (χ0) is 9.26. The van der Waals surface area contributed by atoms with Crippen LogP contribution in [0.2, 0.25) is 0 Å². The third-order valence-electron chi connectivity index (χ3n) is 1.88. The van der Waals surface area contributed by atoms with E-state index in [0.717, 1.165) is 10.7 Å². The van der Waals surface area contributed by atoms with Crippen molar-refractivity contribution in [1.29, 1.82) is 0 Å². The Morgan fingerprint density at radius 3 is 2.92 bits per heavy atom. The molecule has 0 aliphatic carbocycles. The van der Waals surface area contributed by atoms with Crippen LogP contribution in [-0.2, 0) is 4.74 Å². The van der Waals surface area contributed by atoms with Gasteiger partial charge in [0.2, 0.25) is 0 Å². The number of methoxy groups -OCH3 is 1. The summed E-state index contributed by atoms with van der Waals surface area (Å²) >= 11 is 0. The summed E-state index contributed by atoms with van der Waals surface area (Å²) in [7, 11) is 1.36. The first-order valence-electron chi connectivity index (χ1n) is 3.88. The number of carbonyl (C=O) groups excluding carboxylic acids is 1. The number of nitrogens with zero attached hydrogens (tertiary/aromatic N) is 2. The average molecular weight is 176 g/mol. The summed E-state index contributed by atoms with van der Waals surface area (Å²) in [5, 5.41) is 1.61. The van der Waals surface area contributed by atoms with E-state index in [1.807, 2.05) is 0 Å². The quantitative estimate of drug-likeness (QED) is 0.551. The number of fused-ring (bicyclic) bond motifs is 1. The van der Waals surface area contributed by atoms with Crippen molar-refractivity contribution in [2.24, 2.45) is 9.98 Å². The molecule has 1 aliphatic heterocycles. The van der Waals surface area contributed by atoms with Crippen molar-refractivity contribution in [3.05, 3.63) is 34.5 Å². The summed E-state index contributed by atoms with van der Waals surface area (Å²) in [6.45, 7) is 0.458. The van der Waals surface area contributed by atoms with Crippen LogP contribution in [-0.4, -0.2) is 19.7 Å². The summed E-state index contributed by atoms with van der Waals surface area (Å²) in [5.74, 6) is -0.343. The lowest BCUT2D eigenvalue weighted by Crippen LogP contribution is -2.23. The van der Waals surface area contributed by atoms with Crippen LogP contribution in [0.5, 0.6) is 0 Å². The van der Waals surface area contributed by atoms with Crippen LogP contribution in [0.3, 0.4) is 0 Å². The van der Waals surface area contributed by atoms with Crippen molar-refractivity contribution in [2.45, 2.75) is 0 Å². The van der Waals surface area contributed by atoms with Crippen LogP contribution < -0.4 is 10.7 Å². The minimum atomic E-state index is -0.343. The monoisotopic (exact) mass is 176 g/mol. The lowest BCUT2D eigenvalue weighted by Gasteiger charge is -1.96. The maximum absolute atomic E-state index is 11.1. The zero-order valence-corrected chi connectivity index (χ0v) is 7.15. The van der Waals surface area contributed by atoms with Crippen LogP contribution in [0.15, 0.2) is 28.2 Å². The van der Waals surface area contributed by atoms with Gasteiger partial charge in [-0.25, -0.2) is 4.79 Å². The molecule has 0 N–H and O–H groups in total. The Kier molecular flexibility index (Phi) is 1.81. The van der Waals surface area contributed by atoms with E-state index >= 15 is 0 Å². The fourth-order valence-electron chi connectivity index (χ4n) is 1.22. The van der Waals surface area contributed by atoms with Gasteiger partial charge in [0.05, 0.1) is 23.4 Å². The van der Waals surface area contributed by atoms with Crippen molar-refractivity contribution < 1.29 is 9.53 Å². The molecule has 0 atom stereocenters. The molecule has 0 saturated carbocycles. The molecule has 0 radical (unpaired) electrons. The Bertz CT molecular complexity index is 465. The van der Waals surface area contributed by atoms with Gasteiger partial charge in [-0.3, -0.25) is 9.98 Å². The van der Waals surface area contributed by atoms with Gasteiger partial charge in [0, 0.05) is 0 Å². The largest absolute Gasteiger partial charge is 0.465 e. The summed E-state index contributed by atoms with van der Waals surface area (Å²) in [5.41, 5.74) is 0.516. The third kappa shape index (κ3) is 1.30. The SMILES string of the molecule is COC(=O)c1ccc2c(c1)=NCN=2. The molecule has 1 aromatic carbocycles. The van der Waals surface area contributed by atoms with Crippen molar-refractivity contribution in [3.63, 3.8) is 0 Å².